The van der Waals surface area contributed by atoms with Crippen LogP contribution < -0.4 is 4.74 Å². The Morgan fingerprint density at radius 1 is 1.14 bits per heavy atom. The molecule has 2 rings (SSSR count). The number of carbonyl (C=O) groups excluding carboxylic acids is 1. The summed E-state index contributed by atoms with van der Waals surface area (Å²) >= 11 is 6.07. The molecule has 0 fully saturated rings. The van der Waals surface area contributed by atoms with Crippen molar-refractivity contribution in [2.75, 3.05) is 6.61 Å². The summed E-state index contributed by atoms with van der Waals surface area (Å²) in [7, 11) is 0. The quantitative estimate of drug-likeness (QED) is 0.783. The van der Waals surface area contributed by atoms with Crippen molar-refractivity contribution in [1.82, 2.24) is 0 Å². The van der Waals surface area contributed by atoms with Gasteiger partial charge in [-0.2, -0.15) is 0 Å². The van der Waals surface area contributed by atoms with Gasteiger partial charge in [-0.3, -0.25) is 4.79 Å². The molecule has 0 atom stereocenters. The van der Waals surface area contributed by atoms with E-state index in [1.807, 2.05) is 44.2 Å². The lowest BCUT2D eigenvalue weighted by molar-refractivity contribution is -0.123. The number of hydrogen-bond acceptors (Lipinski definition) is 2. The molecule has 3 heteroatoms. The van der Waals surface area contributed by atoms with Crippen LogP contribution in [0.5, 0.6) is 5.75 Å². The molecule has 0 saturated heterocycles. The predicted molar refractivity (Wildman–Crippen MR) is 86.0 cm³/mol. The van der Waals surface area contributed by atoms with Crippen molar-refractivity contribution in [1.29, 1.82) is 0 Å². The highest BCUT2D eigenvalue weighted by Crippen LogP contribution is 2.25. The summed E-state index contributed by atoms with van der Waals surface area (Å²) in [6.07, 6.45) is 0.729. The van der Waals surface area contributed by atoms with Crippen LogP contribution >= 0.6 is 11.6 Å². The molecule has 0 aliphatic heterocycles. The molecule has 0 heterocycles. The Labute approximate surface area is 130 Å². The number of carbonyl (C=O) groups is 1. The largest absolute Gasteiger partial charge is 0.486 e. The summed E-state index contributed by atoms with van der Waals surface area (Å²) in [6, 6.07) is 15.6. The third-order valence-electron chi connectivity index (χ3n) is 3.27. The van der Waals surface area contributed by atoms with Crippen LogP contribution in [0.25, 0.3) is 0 Å². The van der Waals surface area contributed by atoms with Gasteiger partial charge in [-0.1, -0.05) is 55.8 Å². The second-order valence-corrected chi connectivity index (χ2v) is 5.76. The first-order valence-corrected chi connectivity index (χ1v) is 7.42. The number of Topliss-reactive ketones (excluding diaryl/α,β-unsaturated/α-hetero) is 1. The normalized spacial score (nSPS) is 10.7. The zero-order valence-corrected chi connectivity index (χ0v) is 13.1. The lowest BCUT2D eigenvalue weighted by atomic mass is 10.0. The summed E-state index contributed by atoms with van der Waals surface area (Å²) in [5.41, 5.74) is 2.17. The van der Waals surface area contributed by atoms with Crippen LogP contribution in [0.1, 0.15) is 25.0 Å². The van der Waals surface area contributed by atoms with Gasteiger partial charge in [0.1, 0.15) is 12.4 Å². The number of rotatable bonds is 6. The molecule has 0 unspecified atom stereocenters. The Balaban J connectivity index is 2.16. The Bertz CT molecular complexity index is 606. The summed E-state index contributed by atoms with van der Waals surface area (Å²) in [5, 5.41) is 0.670. The summed E-state index contributed by atoms with van der Waals surface area (Å²) in [6.45, 7) is 3.85. The maximum atomic E-state index is 11.7. The van der Waals surface area contributed by atoms with Crippen LogP contribution in [0.15, 0.2) is 48.5 Å². The van der Waals surface area contributed by atoms with Crippen molar-refractivity contribution in [2.45, 2.75) is 20.3 Å². The van der Waals surface area contributed by atoms with Crippen molar-refractivity contribution in [3.8, 4) is 5.75 Å². The Kier molecular flexibility index (Phi) is 5.40. The van der Waals surface area contributed by atoms with E-state index in [-0.39, 0.29) is 18.3 Å². The zero-order valence-electron chi connectivity index (χ0n) is 12.3. The molecular weight excluding hydrogens is 284 g/mol. The molecule has 2 aromatic carbocycles. The fourth-order valence-corrected chi connectivity index (χ4v) is 2.15. The van der Waals surface area contributed by atoms with Gasteiger partial charge in [0.2, 0.25) is 0 Å². The van der Waals surface area contributed by atoms with Gasteiger partial charge in [-0.25, -0.2) is 0 Å². The maximum absolute atomic E-state index is 11.7. The highest BCUT2D eigenvalue weighted by Gasteiger charge is 2.11. The summed E-state index contributed by atoms with van der Waals surface area (Å²) in [5.74, 6) is 0.794. The number of benzene rings is 2. The molecule has 110 valence electrons. The van der Waals surface area contributed by atoms with Gasteiger partial charge in [0.05, 0.1) is 0 Å². The van der Waals surface area contributed by atoms with Crippen LogP contribution in [-0.4, -0.2) is 12.4 Å². The van der Waals surface area contributed by atoms with E-state index in [0.717, 1.165) is 17.7 Å². The van der Waals surface area contributed by atoms with Gasteiger partial charge in [-0.15, -0.1) is 0 Å². The first kappa shape index (κ1) is 15.6. The smallest absolute Gasteiger partial charge is 0.172 e. The predicted octanol–water partition coefficient (Wildman–Crippen LogP) is 4.53. The van der Waals surface area contributed by atoms with Crippen LogP contribution in [0.4, 0.5) is 0 Å². The number of ketones is 1. The minimum atomic E-state index is -0.0186. The van der Waals surface area contributed by atoms with Crippen LogP contribution in [0.2, 0.25) is 5.02 Å². The average Bonchev–Trinajstić information content (AvgIpc) is 2.47. The second kappa shape index (κ2) is 7.28. The average molecular weight is 303 g/mol. The van der Waals surface area contributed by atoms with Gasteiger partial charge >= 0.3 is 0 Å². The molecule has 2 nitrogen and oxygen atoms in total. The summed E-state index contributed by atoms with van der Waals surface area (Å²) < 4.78 is 5.68. The van der Waals surface area contributed by atoms with E-state index in [1.54, 1.807) is 6.07 Å². The Hall–Kier alpha value is -1.80. The van der Waals surface area contributed by atoms with Crippen molar-refractivity contribution >= 4 is 17.4 Å². The van der Waals surface area contributed by atoms with Crippen molar-refractivity contribution < 1.29 is 9.53 Å². The first-order chi connectivity index (χ1) is 10.1. The minimum Gasteiger partial charge on any atom is -0.486 e. The molecule has 0 aliphatic carbocycles. The van der Waals surface area contributed by atoms with E-state index in [0.29, 0.717) is 5.02 Å². The van der Waals surface area contributed by atoms with Crippen LogP contribution in [0.3, 0.4) is 0 Å². The van der Waals surface area contributed by atoms with Gasteiger partial charge in [0.25, 0.3) is 0 Å². The molecule has 0 N–H and O–H groups in total. The molecule has 0 aliphatic rings. The van der Waals surface area contributed by atoms with E-state index in [9.17, 15) is 4.79 Å². The lowest BCUT2D eigenvalue weighted by Gasteiger charge is -2.12. The van der Waals surface area contributed by atoms with E-state index < -0.39 is 0 Å². The van der Waals surface area contributed by atoms with Crippen molar-refractivity contribution in [3.05, 3.63) is 64.7 Å². The molecule has 0 aromatic heterocycles. The van der Waals surface area contributed by atoms with E-state index in [1.165, 1.54) is 5.56 Å². The van der Waals surface area contributed by atoms with Gasteiger partial charge in [-0.05, 0) is 29.3 Å². The topological polar surface area (TPSA) is 26.3 Å². The first-order valence-electron chi connectivity index (χ1n) is 7.04. The Morgan fingerprint density at radius 2 is 1.86 bits per heavy atom. The molecule has 2 aromatic rings. The SMILES string of the molecule is CC(C)C(=O)COc1ccc(Cl)cc1Cc1ccccc1. The van der Waals surface area contributed by atoms with Gasteiger partial charge in [0, 0.05) is 17.4 Å². The minimum absolute atomic E-state index is 0.0186. The number of halogens is 1. The van der Waals surface area contributed by atoms with E-state index in [4.69, 9.17) is 16.3 Å². The summed E-state index contributed by atoms with van der Waals surface area (Å²) in [4.78, 5) is 11.7. The molecule has 0 saturated carbocycles. The second-order valence-electron chi connectivity index (χ2n) is 5.32. The third-order valence-corrected chi connectivity index (χ3v) is 3.51. The third kappa shape index (κ3) is 4.61. The highest BCUT2D eigenvalue weighted by molar-refractivity contribution is 6.30. The zero-order chi connectivity index (χ0) is 15.2. The fraction of sp³-hybridized carbons (Fsp3) is 0.278. The number of hydrogen-bond donors (Lipinski definition) is 0. The number of ether oxygens (including phenoxy) is 1. The lowest BCUT2D eigenvalue weighted by Crippen LogP contribution is -2.17. The molecular formula is C18H19ClO2. The molecule has 0 spiro atoms. The van der Waals surface area contributed by atoms with Crippen molar-refractivity contribution in [3.63, 3.8) is 0 Å². The molecule has 0 amide bonds. The van der Waals surface area contributed by atoms with E-state index in [2.05, 4.69) is 12.1 Å². The van der Waals surface area contributed by atoms with Crippen LogP contribution in [0, 0.1) is 5.92 Å². The highest BCUT2D eigenvalue weighted by atomic mass is 35.5. The van der Waals surface area contributed by atoms with Crippen molar-refractivity contribution in [2.24, 2.45) is 5.92 Å². The monoisotopic (exact) mass is 302 g/mol. The molecule has 21 heavy (non-hydrogen) atoms. The maximum Gasteiger partial charge on any atom is 0.172 e. The van der Waals surface area contributed by atoms with E-state index >= 15 is 0 Å². The standard InChI is InChI=1S/C18H19ClO2/c1-13(2)17(20)12-21-18-9-8-16(19)11-15(18)10-14-6-4-3-5-7-14/h3-9,11,13H,10,12H2,1-2H3. The Morgan fingerprint density at radius 3 is 2.52 bits per heavy atom. The van der Waals surface area contributed by atoms with Gasteiger partial charge < -0.3 is 4.74 Å². The van der Waals surface area contributed by atoms with Gasteiger partial charge in [0.15, 0.2) is 5.78 Å². The molecule has 0 radical (unpaired) electrons. The molecule has 0 bridgehead atoms. The van der Waals surface area contributed by atoms with Crippen LogP contribution in [-0.2, 0) is 11.2 Å². The fourth-order valence-electron chi connectivity index (χ4n) is 1.96.